The molecule has 0 saturated heterocycles. The molecular formula is C17H15NO2. The normalized spacial score (nSPS) is 9.75. The molecule has 0 aliphatic carbocycles. The zero-order valence-electron chi connectivity index (χ0n) is 11.1. The van der Waals surface area contributed by atoms with Crippen LogP contribution in [0.4, 0.5) is 0 Å². The first-order valence-corrected chi connectivity index (χ1v) is 6.46. The molecule has 0 saturated carbocycles. The van der Waals surface area contributed by atoms with E-state index in [2.05, 4.69) is 0 Å². The predicted molar refractivity (Wildman–Crippen MR) is 76.4 cm³/mol. The SMILES string of the molecule is N#CCCC(=O)c1ccc(OCc2ccccc2)cc1. The van der Waals surface area contributed by atoms with Crippen LogP contribution in [0.15, 0.2) is 54.6 Å². The number of rotatable bonds is 6. The van der Waals surface area contributed by atoms with Crippen molar-refractivity contribution in [3.8, 4) is 11.8 Å². The first-order chi connectivity index (χ1) is 9.79. The monoisotopic (exact) mass is 265 g/mol. The molecule has 0 bridgehead atoms. The Kier molecular flexibility index (Phi) is 4.91. The molecule has 0 unspecified atom stereocenters. The number of hydrogen-bond acceptors (Lipinski definition) is 3. The van der Waals surface area contributed by atoms with Crippen molar-refractivity contribution in [3.63, 3.8) is 0 Å². The van der Waals surface area contributed by atoms with E-state index in [4.69, 9.17) is 10.00 Å². The molecule has 3 nitrogen and oxygen atoms in total. The summed E-state index contributed by atoms with van der Waals surface area (Å²) in [5, 5.41) is 8.46. The van der Waals surface area contributed by atoms with Crippen molar-refractivity contribution in [2.75, 3.05) is 0 Å². The fourth-order valence-corrected chi connectivity index (χ4v) is 1.79. The number of nitriles is 1. The summed E-state index contributed by atoms with van der Waals surface area (Å²) < 4.78 is 5.64. The second kappa shape index (κ2) is 7.10. The summed E-state index contributed by atoms with van der Waals surface area (Å²) in [5.74, 6) is 0.715. The Morgan fingerprint density at radius 3 is 2.40 bits per heavy atom. The lowest BCUT2D eigenvalue weighted by Crippen LogP contribution is -1.99. The van der Waals surface area contributed by atoms with E-state index in [0.29, 0.717) is 12.2 Å². The number of ketones is 1. The van der Waals surface area contributed by atoms with Gasteiger partial charge in [-0.2, -0.15) is 5.26 Å². The Balaban J connectivity index is 1.92. The van der Waals surface area contributed by atoms with E-state index in [-0.39, 0.29) is 18.6 Å². The number of carbonyl (C=O) groups excluding carboxylic acids is 1. The quantitative estimate of drug-likeness (QED) is 0.747. The highest BCUT2D eigenvalue weighted by molar-refractivity contribution is 5.96. The van der Waals surface area contributed by atoms with Crippen molar-refractivity contribution < 1.29 is 9.53 Å². The van der Waals surface area contributed by atoms with Gasteiger partial charge in [-0.25, -0.2) is 0 Å². The minimum atomic E-state index is -0.0128. The zero-order chi connectivity index (χ0) is 14.2. The van der Waals surface area contributed by atoms with E-state index >= 15 is 0 Å². The largest absolute Gasteiger partial charge is 0.489 e. The summed E-state index contributed by atoms with van der Waals surface area (Å²) in [5.41, 5.74) is 1.72. The number of hydrogen-bond donors (Lipinski definition) is 0. The van der Waals surface area contributed by atoms with Crippen LogP contribution in [0.2, 0.25) is 0 Å². The van der Waals surface area contributed by atoms with Crippen molar-refractivity contribution in [1.29, 1.82) is 5.26 Å². The maximum Gasteiger partial charge on any atom is 0.163 e. The third-order valence-corrected chi connectivity index (χ3v) is 2.89. The van der Waals surface area contributed by atoms with Gasteiger partial charge in [0.15, 0.2) is 5.78 Å². The van der Waals surface area contributed by atoms with Gasteiger partial charge in [0.1, 0.15) is 12.4 Å². The lowest BCUT2D eigenvalue weighted by atomic mass is 10.1. The maximum atomic E-state index is 11.7. The average Bonchev–Trinajstić information content (AvgIpc) is 2.52. The average molecular weight is 265 g/mol. The van der Waals surface area contributed by atoms with Gasteiger partial charge in [0.25, 0.3) is 0 Å². The smallest absolute Gasteiger partial charge is 0.163 e. The highest BCUT2D eigenvalue weighted by Crippen LogP contribution is 2.15. The first-order valence-electron chi connectivity index (χ1n) is 6.46. The molecule has 0 aliphatic rings. The van der Waals surface area contributed by atoms with Crippen LogP contribution in [0.25, 0.3) is 0 Å². The van der Waals surface area contributed by atoms with Gasteiger partial charge >= 0.3 is 0 Å². The summed E-state index contributed by atoms with van der Waals surface area (Å²) in [6.07, 6.45) is 0.520. The third kappa shape index (κ3) is 3.96. The van der Waals surface area contributed by atoms with Crippen LogP contribution in [-0.2, 0) is 6.61 Å². The molecular weight excluding hydrogens is 250 g/mol. The Bertz CT molecular complexity index is 597. The Morgan fingerprint density at radius 1 is 1.05 bits per heavy atom. The molecule has 0 fully saturated rings. The van der Waals surface area contributed by atoms with Crippen LogP contribution < -0.4 is 4.74 Å². The molecule has 0 atom stereocenters. The topological polar surface area (TPSA) is 50.1 Å². The van der Waals surface area contributed by atoms with Gasteiger partial charge in [0.05, 0.1) is 6.07 Å². The number of Topliss-reactive ketones (excluding diaryl/α,β-unsaturated/α-hetero) is 1. The summed E-state index contributed by atoms with van der Waals surface area (Å²) in [6, 6.07) is 18.9. The highest BCUT2D eigenvalue weighted by Gasteiger charge is 2.05. The molecule has 0 spiro atoms. The number of nitrogens with zero attached hydrogens (tertiary/aromatic N) is 1. The molecule has 0 heterocycles. The van der Waals surface area contributed by atoms with Crippen LogP contribution >= 0.6 is 0 Å². The molecule has 0 amide bonds. The Hall–Kier alpha value is -2.60. The van der Waals surface area contributed by atoms with Gasteiger partial charge in [-0.05, 0) is 29.8 Å². The molecule has 100 valence electrons. The van der Waals surface area contributed by atoms with Crippen LogP contribution in [0.1, 0.15) is 28.8 Å². The van der Waals surface area contributed by atoms with Gasteiger partial charge < -0.3 is 4.74 Å². The lowest BCUT2D eigenvalue weighted by molar-refractivity contribution is 0.0984. The predicted octanol–water partition coefficient (Wildman–Crippen LogP) is 3.75. The van der Waals surface area contributed by atoms with Crippen LogP contribution in [0, 0.1) is 11.3 Å². The Morgan fingerprint density at radius 2 is 1.75 bits per heavy atom. The molecule has 20 heavy (non-hydrogen) atoms. The Labute approximate surface area is 118 Å². The van der Waals surface area contributed by atoms with Gasteiger partial charge in [0, 0.05) is 18.4 Å². The van der Waals surface area contributed by atoms with Crippen LogP contribution in [-0.4, -0.2) is 5.78 Å². The molecule has 2 aromatic carbocycles. The zero-order valence-corrected chi connectivity index (χ0v) is 11.1. The van der Waals surface area contributed by atoms with E-state index in [0.717, 1.165) is 11.3 Å². The summed E-state index contributed by atoms with van der Waals surface area (Å²) in [7, 11) is 0. The van der Waals surface area contributed by atoms with Crippen molar-refractivity contribution in [3.05, 3.63) is 65.7 Å². The van der Waals surface area contributed by atoms with Gasteiger partial charge in [-0.15, -0.1) is 0 Å². The fraction of sp³-hybridized carbons (Fsp3) is 0.176. The highest BCUT2D eigenvalue weighted by atomic mass is 16.5. The molecule has 0 aromatic heterocycles. The number of ether oxygens (including phenoxy) is 1. The minimum absolute atomic E-state index is 0.0128. The van der Waals surface area contributed by atoms with E-state index in [1.165, 1.54) is 0 Å². The van der Waals surface area contributed by atoms with Crippen molar-refractivity contribution in [1.82, 2.24) is 0 Å². The second-order valence-electron chi connectivity index (χ2n) is 4.38. The van der Waals surface area contributed by atoms with Crippen molar-refractivity contribution in [2.45, 2.75) is 19.4 Å². The summed E-state index contributed by atoms with van der Waals surface area (Å²) in [6.45, 7) is 0.503. The van der Waals surface area contributed by atoms with Gasteiger partial charge in [-0.1, -0.05) is 30.3 Å². The van der Waals surface area contributed by atoms with Crippen molar-refractivity contribution in [2.24, 2.45) is 0 Å². The molecule has 3 heteroatoms. The number of benzene rings is 2. The number of carbonyl (C=O) groups is 1. The standard InChI is InChI=1S/C17H15NO2/c18-12-4-7-17(19)15-8-10-16(11-9-15)20-13-14-5-2-1-3-6-14/h1-3,5-6,8-11H,4,7,13H2. The van der Waals surface area contributed by atoms with E-state index < -0.39 is 0 Å². The molecule has 2 rings (SSSR count). The van der Waals surface area contributed by atoms with Crippen molar-refractivity contribution >= 4 is 5.78 Å². The van der Waals surface area contributed by atoms with Crippen LogP contribution in [0.5, 0.6) is 5.75 Å². The molecule has 0 N–H and O–H groups in total. The van der Waals surface area contributed by atoms with E-state index in [1.807, 2.05) is 36.4 Å². The molecule has 0 aliphatic heterocycles. The summed E-state index contributed by atoms with van der Waals surface area (Å²) >= 11 is 0. The van der Waals surface area contributed by atoms with E-state index in [1.54, 1.807) is 24.3 Å². The van der Waals surface area contributed by atoms with Crippen LogP contribution in [0.3, 0.4) is 0 Å². The van der Waals surface area contributed by atoms with Gasteiger partial charge in [-0.3, -0.25) is 4.79 Å². The fourth-order valence-electron chi connectivity index (χ4n) is 1.79. The minimum Gasteiger partial charge on any atom is -0.489 e. The lowest BCUT2D eigenvalue weighted by Gasteiger charge is -2.06. The van der Waals surface area contributed by atoms with Gasteiger partial charge in [0.2, 0.25) is 0 Å². The third-order valence-electron chi connectivity index (χ3n) is 2.89. The molecule has 2 aromatic rings. The second-order valence-corrected chi connectivity index (χ2v) is 4.38. The summed E-state index contributed by atoms with van der Waals surface area (Å²) in [4.78, 5) is 11.7. The van der Waals surface area contributed by atoms with E-state index in [9.17, 15) is 4.79 Å². The molecule has 0 radical (unpaired) electrons. The maximum absolute atomic E-state index is 11.7. The first kappa shape index (κ1) is 13.8.